The van der Waals surface area contributed by atoms with Gasteiger partial charge in [0.25, 0.3) is 0 Å². The van der Waals surface area contributed by atoms with E-state index in [2.05, 4.69) is 31.2 Å². The third-order valence-electron chi connectivity index (χ3n) is 4.94. The van der Waals surface area contributed by atoms with Crippen LogP contribution < -0.4 is 5.73 Å². The molecule has 2 fully saturated rings. The monoisotopic (exact) mass is 275 g/mol. The van der Waals surface area contributed by atoms with Gasteiger partial charge in [-0.25, -0.2) is 0 Å². The van der Waals surface area contributed by atoms with Crippen molar-refractivity contribution in [2.45, 2.75) is 50.0 Å². The molecule has 2 aliphatic carbocycles. The van der Waals surface area contributed by atoms with Crippen LogP contribution in [0.25, 0.3) is 0 Å². The molecule has 104 valence electrons. The lowest BCUT2D eigenvalue weighted by Crippen LogP contribution is -2.28. The molecule has 4 unspecified atom stereocenters. The SMILES string of the molecule is Cc1cccc(SCC(N)CC2CC3CCC2C3)c1. The fraction of sp³-hybridized carbons (Fsp3) is 0.647. The third-order valence-corrected chi connectivity index (χ3v) is 6.13. The molecule has 0 amide bonds. The minimum atomic E-state index is 0.370. The molecule has 1 aromatic carbocycles. The van der Waals surface area contributed by atoms with Crippen LogP contribution in [0.3, 0.4) is 0 Å². The first-order valence-electron chi connectivity index (χ1n) is 7.66. The summed E-state index contributed by atoms with van der Waals surface area (Å²) in [6.07, 6.45) is 7.19. The van der Waals surface area contributed by atoms with Crippen molar-refractivity contribution >= 4 is 11.8 Å². The zero-order chi connectivity index (χ0) is 13.2. The van der Waals surface area contributed by atoms with Crippen molar-refractivity contribution in [1.29, 1.82) is 0 Å². The lowest BCUT2D eigenvalue weighted by molar-refractivity contribution is 0.301. The zero-order valence-electron chi connectivity index (χ0n) is 11.8. The number of fused-ring (bicyclic) bond motifs is 2. The Balaban J connectivity index is 1.45. The van der Waals surface area contributed by atoms with Gasteiger partial charge < -0.3 is 5.73 Å². The summed E-state index contributed by atoms with van der Waals surface area (Å²) < 4.78 is 0. The molecule has 1 aromatic rings. The highest BCUT2D eigenvalue weighted by Gasteiger charge is 2.39. The van der Waals surface area contributed by atoms with Gasteiger partial charge in [0.1, 0.15) is 0 Å². The molecule has 2 aliphatic rings. The first-order chi connectivity index (χ1) is 9.20. The van der Waals surface area contributed by atoms with Gasteiger partial charge in [-0.05, 0) is 62.5 Å². The molecule has 2 N–H and O–H groups in total. The Hall–Kier alpha value is -0.470. The predicted molar refractivity (Wildman–Crippen MR) is 83.4 cm³/mol. The molecule has 1 nitrogen and oxygen atoms in total. The van der Waals surface area contributed by atoms with Gasteiger partial charge >= 0.3 is 0 Å². The molecule has 19 heavy (non-hydrogen) atoms. The molecule has 4 atom stereocenters. The van der Waals surface area contributed by atoms with Gasteiger partial charge in [0.2, 0.25) is 0 Å². The van der Waals surface area contributed by atoms with Crippen LogP contribution in [0.1, 0.15) is 37.7 Å². The summed E-state index contributed by atoms with van der Waals surface area (Å²) in [5.41, 5.74) is 7.69. The zero-order valence-corrected chi connectivity index (χ0v) is 12.7. The van der Waals surface area contributed by atoms with Crippen molar-refractivity contribution in [3.05, 3.63) is 29.8 Å². The molecule has 0 aliphatic heterocycles. The van der Waals surface area contributed by atoms with E-state index in [4.69, 9.17) is 5.73 Å². The smallest absolute Gasteiger partial charge is 0.0136 e. The van der Waals surface area contributed by atoms with Gasteiger partial charge in [0, 0.05) is 16.7 Å². The Morgan fingerprint density at radius 2 is 2.21 bits per heavy atom. The Morgan fingerprint density at radius 1 is 1.32 bits per heavy atom. The minimum absolute atomic E-state index is 0.370. The molecule has 0 heterocycles. The standard InChI is InChI=1S/C17H25NS/c1-12-3-2-4-17(7-12)19-11-16(18)10-15-9-13-5-6-14(15)8-13/h2-4,7,13-16H,5-6,8-11,18H2,1H3. The van der Waals surface area contributed by atoms with Crippen molar-refractivity contribution in [1.82, 2.24) is 0 Å². The van der Waals surface area contributed by atoms with Gasteiger partial charge in [0.05, 0.1) is 0 Å². The third kappa shape index (κ3) is 3.35. The second-order valence-electron chi connectivity index (χ2n) is 6.56. The summed E-state index contributed by atoms with van der Waals surface area (Å²) in [4.78, 5) is 1.36. The minimum Gasteiger partial charge on any atom is -0.327 e. The lowest BCUT2D eigenvalue weighted by Gasteiger charge is -2.24. The molecule has 0 aromatic heterocycles. The van der Waals surface area contributed by atoms with Crippen molar-refractivity contribution < 1.29 is 0 Å². The Bertz CT molecular complexity index is 431. The van der Waals surface area contributed by atoms with Crippen LogP contribution in [0.5, 0.6) is 0 Å². The average Bonchev–Trinajstić information content (AvgIpc) is 2.99. The van der Waals surface area contributed by atoms with Crippen LogP contribution in [0, 0.1) is 24.7 Å². The van der Waals surface area contributed by atoms with E-state index in [9.17, 15) is 0 Å². The Kier molecular flexibility index (Phi) is 4.18. The molecule has 3 rings (SSSR count). The second kappa shape index (κ2) is 5.88. The van der Waals surface area contributed by atoms with Crippen LogP contribution in [0.15, 0.2) is 29.2 Å². The highest BCUT2D eigenvalue weighted by molar-refractivity contribution is 7.99. The van der Waals surface area contributed by atoms with E-state index in [1.807, 2.05) is 11.8 Å². The molecule has 2 heteroatoms. The molecule has 0 radical (unpaired) electrons. The first-order valence-corrected chi connectivity index (χ1v) is 8.64. The number of benzene rings is 1. The van der Waals surface area contributed by atoms with Gasteiger partial charge in [-0.15, -0.1) is 11.8 Å². The van der Waals surface area contributed by atoms with Gasteiger partial charge in [0.15, 0.2) is 0 Å². The summed E-state index contributed by atoms with van der Waals surface area (Å²) in [7, 11) is 0. The van der Waals surface area contributed by atoms with Crippen LogP contribution in [-0.4, -0.2) is 11.8 Å². The normalized spacial score (nSPS) is 30.7. The maximum atomic E-state index is 6.35. The van der Waals surface area contributed by atoms with E-state index in [0.29, 0.717) is 6.04 Å². The Morgan fingerprint density at radius 3 is 2.89 bits per heavy atom. The van der Waals surface area contributed by atoms with Crippen molar-refractivity contribution in [3.8, 4) is 0 Å². The summed E-state index contributed by atoms with van der Waals surface area (Å²) >= 11 is 1.92. The first kappa shape index (κ1) is 13.5. The Labute approximate surface area is 121 Å². The number of hydrogen-bond donors (Lipinski definition) is 1. The van der Waals surface area contributed by atoms with Crippen LogP contribution in [-0.2, 0) is 0 Å². The van der Waals surface area contributed by atoms with Crippen LogP contribution >= 0.6 is 11.8 Å². The maximum Gasteiger partial charge on any atom is 0.0136 e. The number of nitrogens with two attached hydrogens (primary N) is 1. The van der Waals surface area contributed by atoms with E-state index < -0.39 is 0 Å². The largest absolute Gasteiger partial charge is 0.327 e. The van der Waals surface area contributed by atoms with Crippen LogP contribution in [0.4, 0.5) is 0 Å². The summed E-state index contributed by atoms with van der Waals surface area (Å²) in [6, 6.07) is 9.12. The fourth-order valence-corrected chi connectivity index (χ4v) is 5.02. The van der Waals surface area contributed by atoms with E-state index in [0.717, 1.165) is 23.5 Å². The quantitative estimate of drug-likeness (QED) is 0.813. The number of thioether (sulfide) groups is 1. The number of hydrogen-bond acceptors (Lipinski definition) is 2. The van der Waals surface area contributed by atoms with E-state index in [1.165, 1.54) is 42.6 Å². The predicted octanol–water partition coefficient (Wildman–Crippen LogP) is 4.24. The van der Waals surface area contributed by atoms with E-state index >= 15 is 0 Å². The lowest BCUT2D eigenvalue weighted by atomic mass is 9.85. The van der Waals surface area contributed by atoms with Gasteiger partial charge in [-0.2, -0.15) is 0 Å². The van der Waals surface area contributed by atoms with Crippen molar-refractivity contribution in [2.24, 2.45) is 23.5 Å². The molecular weight excluding hydrogens is 250 g/mol. The topological polar surface area (TPSA) is 26.0 Å². The number of rotatable bonds is 5. The van der Waals surface area contributed by atoms with Crippen molar-refractivity contribution in [3.63, 3.8) is 0 Å². The molecular formula is C17H25NS. The van der Waals surface area contributed by atoms with E-state index in [-0.39, 0.29) is 0 Å². The van der Waals surface area contributed by atoms with Crippen LogP contribution in [0.2, 0.25) is 0 Å². The molecule has 0 saturated heterocycles. The van der Waals surface area contributed by atoms with Crippen molar-refractivity contribution in [2.75, 3.05) is 5.75 Å². The van der Waals surface area contributed by atoms with Gasteiger partial charge in [-0.1, -0.05) is 24.1 Å². The highest BCUT2D eigenvalue weighted by atomic mass is 32.2. The van der Waals surface area contributed by atoms with E-state index in [1.54, 1.807) is 0 Å². The molecule has 0 spiro atoms. The van der Waals surface area contributed by atoms with Gasteiger partial charge in [-0.3, -0.25) is 0 Å². The maximum absolute atomic E-state index is 6.35. The fourth-order valence-electron chi connectivity index (χ4n) is 4.03. The second-order valence-corrected chi connectivity index (χ2v) is 7.65. The average molecular weight is 275 g/mol. The molecule has 2 bridgehead atoms. The summed E-state index contributed by atoms with van der Waals surface area (Å²) in [5, 5.41) is 0. The number of aryl methyl sites for hydroxylation is 1. The molecule has 2 saturated carbocycles. The summed E-state index contributed by atoms with van der Waals surface area (Å²) in [6.45, 7) is 2.15. The summed E-state index contributed by atoms with van der Waals surface area (Å²) in [5.74, 6) is 4.07. The highest BCUT2D eigenvalue weighted by Crippen LogP contribution is 2.49.